The van der Waals surface area contributed by atoms with Gasteiger partial charge in [-0.1, -0.05) is 11.7 Å². The Balaban J connectivity index is 3.98. The lowest BCUT2D eigenvalue weighted by molar-refractivity contribution is -0.142. The van der Waals surface area contributed by atoms with E-state index < -0.39 is 18.4 Å². The lowest BCUT2D eigenvalue weighted by atomic mass is 10.3. The molecule has 0 unspecified atom stereocenters. The van der Waals surface area contributed by atoms with Crippen LogP contribution in [0.2, 0.25) is 0 Å². The fourth-order valence-corrected chi connectivity index (χ4v) is 0.415. The highest BCUT2D eigenvalue weighted by molar-refractivity contribution is 6.39. The summed E-state index contributed by atoms with van der Waals surface area (Å²) in [5.41, 5.74) is 0.112. The number of carbonyl (C=O) groups is 2. The van der Waals surface area contributed by atoms with Gasteiger partial charge in [0, 0.05) is 5.57 Å². The molecule has 0 saturated carbocycles. The molecule has 0 aliphatic carbocycles. The van der Waals surface area contributed by atoms with Gasteiger partial charge in [0.2, 0.25) is 5.78 Å². The second-order valence-corrected chi connectivity index (χ2v) is 2.47. The van der Waals surface area contributed by atoms with E-state index in [1.165, 1.54) is 13.8 Å². The second kappa shape index (κ2) is 5.08. The minimum atomic E-state index is -0.640. The van der Waals surface area contributed by atoms with Gasteiger partial charge >= 0.3 is 5.97 Å². The van der Waals surface area contributed by atoms with E-state index in [4.69, 9.17) is 5.21 Å². The van der Waals surface area contributed by atoms with Crippen molar-refractivity contribution < 1.29 is 19.5 Å². The van der Waals surface area contributed by atoms with Gasteiger partial charge in [-0.2, -0.15) is 0 Å². The predicted molar refractivity (Wildman–Crippen MR) is 45.7 cm³/mol. The molecule has 0 aliphatic heterocycles. The van der Waals surface area contributed by atoms with Crippen molar-refractivity contribution in [3.05, 3.63) is 12.2 Å². The zero-order valence-electron chi connectivity index (χ0n) is 7.53. The normalized spacial score (nSPS) is 10.8. The van der Waals surface area contributed by atoms with E-state index >= 15 is 0 Å². The van der Waals surface area contributed by atoms with Crippen LogP contribution < -0.4 is 0 Å². The van der Waals surface area contributed by atoms with Gasteiger partial charge in [-0.3, -0.25) is 4.79 Å². The van der Waals surface area contributed by atoms with E-state index in [0.29, 0.717) is 0 Å². The Morgan fingerprint density at radius 2 is 2.00 bits per heavy atom. The zero-order chi connectivity index (χ0) is 10.4. The molecular weight excluding hydrogens is 174 g/mol. The summed E-state index contributed by atoms with van der Waals surface area (Å²) in [5, 5.41) is 10.9. The molecule has 0 bridgehead atoms. The van der Waals surface area contributed by atoms with Crippen LogP contribution >= 0.6 is 0 Å². The molecule has 0 saturated heterocycles. The molecule has 0 fully saturated rings. The van der Waals surface area contributed by atoms with Crippen LogP contribution in [-0.4, -0.2) is 29.3 Å². The van der Waals surface area contributed by atoms with E-state index in [0.717, 1.165) is 0 Å². The Kier molecular flexibility index (Phi) is 4.43. The molecule has 1 N–H and O–H groups in total. The van der Waals surface area contributed by atoms with Crippen LogP contribution in [0.25, 0.3) is 0 Å². The van der Waals surface area contributed by atoms with Gasteiger partial charge in [-0.25, -0.2) is 4.79 Å². The standard InChI is InChI=1S/C8H11NO4/c1-5(2)8(11)13-4-7(10)6(3)9-12/h12H,1,4H2,2-3H3/b9-6+. The highest BCUT2D eigenvalue weighted by Gasteiger charge is 2.10. The van der Waals surface area contributed by atoms with Gasteiger partial charge in [-0.05, 0) is 13.8 Å². The van der Waals surface area contributed by atoms with E-state index in [2.05, 4.69) is 16.5 Å². The van der Waals surface area contributed by atoms with Crippen molar-refractivity contribution in [1.29, 1.82) is 0 Å². The van der Waals surface area contributed by atoms with Crippen LogP contribution in [0.1, 0.15) is 13.8 Å². The molecule has 5 heteroatoms. The van der Waals surface area contributed by atoms with E-state index in [9.17, 15) is 9.59 Å². The maximum absolute atomic E-state index is 10.9. The fraction of sp³-hybridized carbons (Fsp3) is 0.375. The third-order valence-corrected chi connectivity index (χ3v) is 1.24. The minimum Gasteiger partial charge on any atom is -0.454 e. The van der Waals surface area contributed by atoms with Crippen LogP contribution in [0, 0.1) is 0 Å². The Hall–Kier alpha value is -1.65. The number of ketones is 1. The molecule has 0 atom stereocenters. The van der Waals surface area contributed by atoms with Crippen molar-refractivity contribution in [1.82, 2.24) is 0 Å². The first-order valence-electron chi connectivity index (χ1n) is 3.53. The third kappa shape index (κ3) is 4.05. The lowest BCUT2D eigenvalue weighted by Gasteiger charge is -2.01. The maximum Gasteiger partial charge on any atom is 0.333 e. The van der Waals surface area contributed by atoms with Gasteiger partial charge in [-0.15, -0.1) is 0 Å². The van der Waals surface area contributed by atoms with Gasteiger partial charge < -0.3 is 9.94 Å². The van der Waals surface area contributed by atoms with E-state index in [1.54, 1.807) is 0 Å². The van der Waals surface area contributed by atoms with Crippen molar-refractivity contribution in [3.8, 4) is 0 Å². The smallest absolute Gasteiger partial charge is 0.333 e. The summed E-state index contributed by atoms with van der Waals surface area (Å²) in [6.45, 7) is 5.69. The molecule has 13 heavy (non-hydrogen) atoms. The number of oxime groups is 1. The first-order chi connectivity index (χ1) is 5.99. The molecule has 0 rings (SSSR count). The zero-order valence-corrected chi connectivity index (χ0v) is 7.53. The van der Waals surface area contributed by atoms with Crippen LogP contribution in [0.4, 0.5) is 0 Å². The molecule has 0 aromatic carbocycles. The number of carbonyl (C=O) groups excluding carboxylic acids is 2. The highest BCUT2D eigenvalue weighted by atomic mass is 16.5. The van der Waals surface area contributed by atoms with Gasteiger partial charge in [0.15, 0.2) is 6.61 Å². The average molecular weight is 185 g/mol. The van der Waals surface area contributed by atoms with Gasteiger partial charge in [0.25, 0.3) is 0 Å². The average Bonchev–Trinajstić information content (AvgIpc) is 2.11. The molecule has 0 aliphatic rings. The number of Topliss-reactive ketones (excluding diaryl/α,β-unsaturated/α-hetero) is 1. The van der Waals surface area contributed by atoms with Crippen molar-refractivity contribution in [2.24, 2.45) is 5.16 Å². The second-order valence-electron chi connectivity index (χ2n) is 2.47. The first-order valence-corrected chi connectivity index (χ1v) is 3.53. The van der Waals surface area contributed by atoms with E-state index in [-0.39, 0.29) is 11.3 Å². The number of hydrogen-bond acceptors (Lipinski definition) is 5. The van der Waals surface area contributed by atoms with E-state index in [1.807, 2.05) is 0 Å². The van der Waals surface area contributed by atoms with Crippen LogP contribution in [-0.2, 0) is 14.3 Å². The Labute approximate surface area is 75.7 Å². The van der Waals surface area contributed by atoms with Crippen LogP contribution in [0.5, 0.6) is 0 Å². The summed E-state index contributed by atoms with van der Waals surface area (Å²) >= 11 is 0. The quantitative estimate of drug-likeness (QED) is 0.228. The third-order valence-electron chi connectivity index (χ3n) is 1.24. The number of rotatable bonds is 4. The van der Waals surface area contributed by atoms with Crippen LogP contribution in [0.15, 0.2) is 17.3 Å². The Bertz CT molecular complexity index is 267. The number of nitrogens with zero attached hydrogens (tertiary/aromatic N) is 1. The maximum atomic E-state index is 10.9. The Morgan fingerprint density at radius 3 is 2.38 bits per heavy atom. The molecule has 0 heterocycles. The van der Waals surface area contributed by atoms with Gasteiger partial charge in [0.1, 0.15) is 5.71 Å². The monoisotopic (exact) mass is 185 g/mol. The fourth-order valence-electron chi connectivity index (χ4n) is 0.415. The number of hydrogen-bond donors (Lipinski definition) is 1. The summed E-state index contributed by atoms with van der Waals surface area (Å²) in [7, 11) is 0. The molecule has 0 amide bonds. The first kappa shape index (κ1) is 11.4. The minimum absolute atomic E-state index is 0.102. The van der Waals surface area contributed by atoms with Crippen LogP contribution in [0.3, 0.4) is 0 Å². The van der Waals surface area contributed by atoms with Crippen molar-refractivity contribution in [2.75, 3.05) is 6.61 Å². The molecule has 0 spiro atoms. The van der Waals surface area contributed by atoms with Crippen molar-refractivity contribution in [3.63, 3.8) is 0 Å². The highest BCUT2D eigenvalue weighted by Crippen LogP contribution is 1.92. The SMILES string of the molecule is C=C(C)C(=O)OCC(=O)/C(C)=N/O. The molecular formula is C8H11NO4. The van der Waals surface area contributed by atoms with Crippen molar-refractivity contribution in [2.45, 2.75) is 13.8 Å². The molecule has 0 aromatic heterocycles. The number of ether oxygens (including phenoxy) is 1. The summed E-state index contributed by atoms with van der Waals surface area (Å²) in [6, 6.07) is 0. The molecule has 72 valence electrons. The predicted octanol–water partition coefficient (Wildman–Crippen LogP) is 0.525. The lowest BCUT2D eigenvalue weighted by Crippen LogP contribution is -2.20. The molecule has 5 nitrogen and oxygen atoms in total. The largest absolute Gasteiger partial charge is 0.454 e. The molecule has 0 aromatic rings. The molecule has 0 radical (unpaired) electrons. The van der Waals surface area contributed by atoms with Crippen molar-refractivity contribution >= 4 is 17.5 Å². The topological polar surface area (TPSA) is 76.0 Å². The Morgan fingerprint density at radius 1 is 1.46 bits per heavy atom. The summed E-state index contributed by atoms with van der Waals surface area (Å²) in [6.07, 6.45) is 0. The summed E-state index contributed by atoms with van der Waals surface area (Å²) in [5.74, 6) is -1.18. The van der Waals surface area contributed by atoms with Gasteiger partial charge in [0.05, 0.1) is 0 Å². The summed E-state index contributed by atoms with van der Waals surface area (Å²) < 4.78 is 4.51. The summed E-state index contributed by atoms with van der Waals surface area (Å²) in [4.78, 5) is 21.7. The number of esters is 1.